The predicted molar refractivity (Wildman–Crippen MR) is 71.6 cm³/mol. The summed E-state index contributed by atoms with van der Waals surface area (Å²) in [6, 6.07) is 9.12. The topological polar surface area (TPSA) is 35.2 Å². The standard InChI is InChI=1S/C13H10Cl2FNO/c14-10-5-12(17)13(6-11(10)15)18-7-8-1-3-9(16)4-2-8/h1-6H,7,17H2. The fourth-order valence-corrected chi connectivity index (χ4v) is 1.74. The molecule has 5 heteroatoms. The lowest BCUT2D eigenvalue weighted by atomic mass is 10.2. The lowest BCUT2D eigenvalue weighted by Crippen LogP contribution is -1.99. The molecule has 0 radical (unpaired) electrons. The second kappa shape index (κ2) is 5.46. The monoisotopic (exact) mass is 285 g/mol. The molecular formula is C13H10Cl2FNO. The quantitative estimate of drug-likeness (QED) is 0.854. The second-order valence-corrected chi connectivity index (χ2v) is 4.53. The van der Waals surface area contributed by atoms with Crippen LogP contribution in [0.1, 0.15) is 5.56 Å². The van der Waals surface area contributed by atoms with Gasteiger partial charge in [0, 0.05) is 6.07 Å². The summed E-state index contributed by atoms with van der Waals surface area (Å²) >= 11 is 11.7. The van der Waals surface area contributed by atoms with E-state index in [2.05, 4.69) is 0 Å². The van der Waals surface area contributed by atoms with Gasteiger partial charge < -0.3 is 10.5 Å². The van der Waals surface area contributed by atoms with Crippen LogP contribution in [0, 0.1) is 5.82 Å². The van der Waals surface area contributed by atoms with Crippen LogP contribution in [0.2, 0.25) is 10.0 Å². The Labute approximate surface area is 114 Å². The van der Waals surface area contributed by atoms with Crippen LogP contribution in [0.25, 0.3) is 0 Å². The van der Waals surface area contributed by atoms with E-state index in [9.17, 15) is 4.39 Å². The molecule has 0 heterocycles. The zero-order valence-electron chi connectivity index (χ0n) is 9.29. The third-order valence-electron chi connectivity index (χ3n) is 2.36. The number of hydrogen-bond acceptors (Lipinski definition) is 2. The fourth-order valence-electron chi connectivity index (χ4n) is 1.41. The lowest BCUT2D eigenvalue weighted by molar-refractivity contribution is 0.308. The Morgan fingerprint density at radius 3 is 2.33 bits per heavy atom. The van der Waals surface area contributed by atoms with Crippen LogP contribution >= 0.6 is 23.2 Å². The highest BCUT2D eigenvalue weighted by Gasteiger charge is 2.06. The SMILES string of the molecule is Nc1cc(Cl)c(Cl)cc1OCc1ccc(F)cc1. The molecule has 2 nitrogen and oxygen atoms in total. The van der Waals surface area contributed by atoms with E-state index < -0.39 is 0 Å². The van der Waals surface area contributed by atoms with Gasteiger partial charge in [0.15, 0.2) is 0 Å². The fraction of sp³-hybridized carbons (Fsp3) is 0.0769. The number of benzene rings is 2. The first-order chi connectivity index (χ1) is 8.56. The summed E-state index contributed by atoms with van der Waals surface area (Å²) in [5.74, 6) is 0.168. The predicted octanol–water partition coefficient (Wildman–Crippen LogP) is 4.29. The lowest BCUT2D eigenvalue weighted by Gasteiger charge is -2.10. The number of anilines is 1. The van der Waals surface area contributed by atoms with E-state index in [4.69, 9.17) is 33.7 Å². The van der Waals surface area contributed by atoms with Crippen molar-refractivity contribution in [2.24, 2.45) is 0 Å². The Morgan fingerprint density at radius 1 is 1.06 bits per heavy atom. The van der Waals surface area contributed by atoms with E-state index in [0.29, 0.717) is 21.5 Å². The van der Waals surface area contributed by atoms with Crippen LogP contribution in [-0.4, -0.2) is 0 Å². The minimum Gasteiger partial charge on any atom is -0.487 e. The average Bonchev–Trinajstić information content (AvgIpc) is 2.34. The van der Waals surface area contributed by atoms with Gasteiger partial charge in [-0.25, -0.2) is 4.39 Å². The van der Waals surface area contributed by atoms with Gasteiger partial charge >= 0.3 is 0 Å². The van der Waals surface area contributed by atoms with Gasteiger partial charge in [-0.3, -0.25) is 0 Å². The van der Waals surface area contributed by atoms with Crippen molar-refractivity contribution >= 4 is 28.9 Å². The molecule has 0 spiro atoms. The highest BCUT2D eigenvalue weighted by molar-refractivity contribution is 6.42. The van der Waals surface area contributed by atoms with Crippen molar-refractivity contribution in [3.8, 4) is 5.75 Å². The maximum Gasteiger partial charge on any atom is 0.144 e. The van der Waals surface area contributed by atoms with Gasteiger partial charge in [-0.15, -0.1) is 0 Å². The first-order valence-electron chi connectivity index (χ1n) is 5.18. The summed E-state index contributed by atoms with van der Waals surface area (Å²) in [5.41, 5.74) is 6.99. The first-order valence-corrected chi connectivity index (χ1v) is 5.93. The van der Waals surface area contributed by atoms with Crippen molar-refractivity contribution in [3.05, 3.63) is 57.8 Å². The first kappa shape index (κ1) is 13.0. The highest BCUT2D eigenvalue weighted by Crippen LogP contribution is 2.32. The summed E-state index contributed by atoms with van der Waals surface area (Å²) in [5, 5.41) is 0.753. The van der Waals surface area contributed by atoms with E-state index in [0.717, 1.165) is 5.56 Å². The van der Waals surface area contributed by atoms with Gasteiger partial charge in [0.1, 0.15) is 18.2 Å². The molecule has 2 aromatic carbocycles. The summed E-state index contributed by atoms with van der Waals surface area (Å²) in [6.45, 7) is 0.280. The number of nitrogens with two attached hydrogens (primary N) is 1. The molecule has 0 atom stereocenters. The van der Waals surface area contributed by atoms with Gasteiger partial charge in [-0.2, -0.15) is 0 Å². The number of halogens is 3. The van der Waals surface area contributed by atoms with Crippen molar-refractivity contribution in [3.63, 3.8) is 0 Å². The molecule has 18 heavy (non-hydrogen) atoms. The summed E-state index contributed by atoms with van der Waals surface area (Å²) in [7, 11) is 0. The molecule has 2 aromatic rings. The van der Waals surface area contributed by atoms with Crippen molar-refractivity contribution in [1.29, 1.82) is 0 Å². The van der Waals surface area contributed by atoms with Gasteiger partial charge in [0.05, 0.1) is 15.7 Å². The molecule has 0 aromatic heterocycles. The number of hydrogen-bond donors (Lipinski definition) is 1. The van der Waals surface area contributed by atoms with E-state index in [1.165, 1.54) is 18.2 Å². The maximum atomic E-state index is 12.7. The Hall–Kier alpha value is -1.45. The molecular weight excluding hydrogens is 276 g/mol. The van der Waals surface area contributed by atoms with Crippen LogP contribution in [-0.2, 0) is 6.61 Å². The number of ether oxygens (including phenoxy) is 1. The molecule has 0 aliphatic carbocycles. The van der Waals surface area contributed by atoms with Crippen LogP contribution in [0.15, 0.2) is 36.4 Å². The maximum absolute atomic E-state index is 12.7. The van der Waals surface area contributed by atoms with Crippen molar-refractivity contribution in [2.75, 3.05) is 5.73 Å². The molecule has 0 unspecified atom stereocenters. The van der Waals surface area contributed by atoms with E-state index in [1.807, 2.05) is 0 Å². The normalized spacial score (nSPS) is 10.4. The summed E-state index contributed by atoms with van der Waals surface area (Å²) in [4.78, 5) is 0. The molecule has 0 fully saturated rings. The van der Waals surface area contributed by atoms with Gasteiger partial charge in [-0.1, -0.05) is 35.3 Å². The highest BCUT2D eigenvalue weighted by atomic mass is 35.5. The van der Waals surface area contributed by atoms with Gasteiger partial charge in [-0.05, 0) is 23.8 Å². The molecule has 0 aliphatic rings. The Kier molecular flexibility index (Phi) is 3.94. The van der Waals surface area contributed by atoms with E-state index in [-0.39, 0.29) is 12.4 Å². The van der Waals surface area contributed by atoms with Gasteiger partial charge in [0.25, 0.3) is 0 Å². The van der Waals surface area contributed by atoms with Crippen LogP contribution in [0.5, 0.6) is 5.75 Å². The van der Waals surface area contributed by atoms with Crippen LogP contribution in [0.4, 0.5) is 10.1 Å². The minimum absolute atomic E-state index is 0.280. The third kappa shape index (κ3) is 3.06. The Morgan fingerprint density at radius 2 is 1.67 bits per heavy atom. The molecule has 2 N–H and O–H groups in total. The third-order valence-corrected chi connectivity index (χ3v) is 3.08. The molecule has 0 bridgehead atoms. The second-order valence-electron chi connectivity index (χ2n) is 3.72. The van der Waals surface area contributed by atoms with E-state index >= 15 is 0 Å². The largest absolute Gasteiger partial charge is 0.487 e. The Bertz CT molecular complexity index is 558. The molecule has 94 valence electrons. The molecule has 2 rings (SSSR count). The van der Waals surface area contributed by atoms with Crippen molar-refractivity contribution in [2.45, 2.75) is 6.61 Å². The number of rotatable bonds is 3. The Balaban J connectivity index is 2.10. The molecule has 0 amide bonds. The van der Waals surface area contributed by atoms with E-state index in [1.54, 1.807) is 18.2 Å². The van der Waals surface area contributed by atoms with Crippen LogP contribution < -0.4 is 10.5 Å². The summed E-state index contributed by atoms with van der Waals surface area (Å²) in [6.07, 6.45) is 0. The van der Waals surface area contributed by atoms with Crippen molar-refractivity contribution in [1.82, 2.24) is 0 Å². The molecule has 0 saturated heterocycles. The smallest absolute Gasteiger partial charge is 0.144 e. The van der Waals surface area contributed by atoms with Gasteiger partial charge in [0.2, 0.25) is 0 Å². The average molecular weight is 286 g/mol. The zero-order chi connectivity index (χ0) is 13.1. The van der Waals surface area contributed by atoms with Crippen molar-refractivity contribution < 1.29 is 9.13 Å². The number of nitrogen functional groups attached to an aromatic ring is 1. The van der Waals surface area contributed by atoms with Crippen LogP contribution in [0.3, 0.4) is 0 Å². The minimum atomic E-state index is -0.284. The molecule has 0 aliphatic heterocycles. The molecule has 0 saturated carbocycles. The zero-order valence-corrected chi connectivity index (χ0v) is 10.8. The summed E-state index contributed by atoms with van der Waals surface area (Å²) < 4.78 is 18.2.